The van der Waals surface area contributed by atoms with Crippen LogP contribution in [0.25, 0.3) is 0 Å². The predicted molar refractivity (Wildman–Crippen MR) is 81.7 cm³/mol. The van der Waals surface area contributed by atoms with E-state index in [2.05, 4.69) is 5.10 Å². The summed E-state index contributed by atoms with van der Waals surface area (Å²) in [6.45, 7) is 0.0753. The summed E-state index contributed by atoms with van der Waals surface area (Å²) in [6, 6.07) is 7.52. The fourth-order valence-corrected chi connectivity index (χ4v) is 2.09. The van der Waals surface area contributed by atoms with Crippen LogP contribution in [-0.2, 0) is 11.8 Å². The number of carbonyl (C=O) groups is 1. The van der Waals surface area contributed by atoms with Crippen LogP contribution in [0.3, 0.4) is 0 Å². The van der Waals surface area contributed by atoms with Gasteiger partial charge in [-0.3, -0.25) is 4.79 Å². The zero-order valence-electron chi connectivity index (χ0n) is 11.6. The number of carbonyl (C=O) groups excluding carboxylic acids is 1. The van der Waals surface area contributed by atoms with Crippen LogP contribution in [0.2, 0.25) is 10.0 Å². The molecule has 0 fully saturated rings. The standard InChI is InChI=1S/C14H12Cl2N2O4/c1-18-12(19)6-5-11(17-18)14(20)22-8-7-21-13-9(15)3-2-4-10(13)16/h2-6H,7-8H2,1H3. The van der Waals surface area contributed by atoms with Gasteiger partial charge in [0, 0.05) is 13.1 Å². The van der Waals surface area contributed by atoms with Crippen molar-refractivity contribution in [2.24, 2.45) is 7.05 Å². The molecule has 6 nitrogen and oxygen atoms in total. The van der Waals surface area contributed by atoms with E-state index in [1.54, 1.807) is 18.2 Å². The minimum absolute atomic E-state index is 0.00902. The molecule has 1 heterocycles. The SMILES string of the molecule is Cn1nc(C(=O)OCCOc2c(Cl)cccc2Cl)ccc1=O. The Morgan fingerprint density at radius 3 is 2.50 bits per heavy atom. The molecule has 0 aliphatic rings. The summed E-state index contributed by atoms with van der Waals surface area (Å²) < 4.78 is 11.4. The van der Waals surface area contributed by atoms with Crippen LogP contribution in [0.5, 0.6) is 5.75 Å². The van der Waals surface area contributed by atoms with Gasteiger partial charge in [-0.15, -0.1) is 0 Å². The molecule has 22 heavy (non-hydrogen) atoms. The van der Waals surface area contributed by atoms with E-state index >= 15 is 0 Å². The number of hydrogen-bond acceptors (Lipinski definition) is 5. The molecule has 0 unspecified atom stereocenters. The molecule has 0 atom stereocenters. The van der Waals surface area contributed by atoms with E-state index in [9.17, 15) is 9.59 Å². The van der Waals surface area contributed by atoms with E-state index in [4.69, 9.17) is 32.7 Å². The third-order valence-corrected chi connectivity index (χ3v) is 3.25. The van der Waals surface area contributed by atoms with Crippen molar-refractivity contribution in [2.75, 3.05) is 13.2 Å². The quantitative estimate of drug-likeness (QED) is 0.616. The number of esters is 1. The maximum Gasteiger partial charge on any atom is 0.358 e. The Labute approximate surface area is 136 Å². The topological polar surface area (TPSA) is 70.4 Å². The molecule has 0 amide bonds. The Kier molecular flexibility index (Phi) is 5.41. The van der Waals surface area contributed by atoms with Crippen LogP contribution in [-0.4, -0.2) is 29.0 Å². The van der Waals surface area contributed by atoms with Gasteiger partial charge in [-0.1, -0.05) is 29.3 Å². The molecular formula is C14H12Cl2N2O4. The van der Waals surface area contributed by atoms with E-state index in [0.29, 0.717) is 15.8 Å². The van der Waals surface area contributed by atoms with Crippen molar-refractivity contribution < 1.29 is 14.3 Å². The Balaban J connectivity index is 1.87. The third-order valence-electron chi connectivity index (χ3n) is 2.65. The van der Waals surface area contributed by atoms with Gasteiger partial charge in [-0.05, 0) is 18.2 Å². The maximum atomic E-state index is 11.7. The van der Waals surface area contributed by atoms with Gasteiger partial charge >= 0.3 is 5.97 Å². The van der Waals surface area contributed by atoms with Gasteiger partial charge in [0.2, 0.25) is 0 Å². The zero-order valence-corrected chi connectivity index (χ0v) is 13.1. The lowest BCUT2D eigenvalue weighted by Gasteiger charge is -2.10. The molecule has 0 aliphatic carbocycles. The zero-order chi connectivity index (χ0) is 16.1. The summed E-state index contributed by atoms with van der Waals surface area (Å²) in [7, 11) is 1.45. The second kappa shape index (κ2) is 7.29. The molecule has 0 radical (unpaired) electrons. The molecule has 0 aliphatic heterocycles. The first-order valence-corrected chi connectivity index (χ1v) is 7.03. The van der Waals surface area contributed by atoms with Gasteiger partial charge in [0.25, 0.3) is 5.56 Å². The van der Waals surface area contributed by atoms with Crippen molar-refractivity contribution in [3.05, 3.63) is 56.4 Å². The van der Waals surface area contributed by atoms with E-state index in [-0.39, 0.29) is 24.5 Å². The fraction of sp³-hybridized carbons (Fsp3) is 0.214. The van der Waals surface area contributed by atoms with Gasteiger partial charge in [0.05, 0.1) is 10.0 Å². The average Bonchev–Trinajstić information content (AvgIpc) is 2.48. The Bertz CT molecular complexity index is 726. The lowest BCUT2D eigenvalue weighted by molar-refractivity contribution is 0.0441. The lowest BCUT2D eigenvalue weighted by Crippen LogP contribution is -2.22. The summed E-state index contributed by atoms with van der Waals surface area (Å²) in [6.07, 6.45) is 0. The number of aryl methyl sites for hydroxylation is 1. The normalized spacial score (nSPS) is 10.3. The van der Waals surface area contributed by atoms with Crippen LogP contribution < -0.4 is 10.3 Å². The van der Waals surface area contributed by atoms with Gasteiger partial charge < -0.3 is 9.47 Å². The average molecular weight is 343 g/mol. The number of ether oxygens (including phenoxy) is 2. The molecule has 1 aromatic heterocycles. The van der Waals surface area contributed by atoms with Crippen molar-refractivity contribution in [3.63, 3.8) is 0 Å². The molecule has 2 rings (SSSR count). The Hall–Kier alpha value is -2.05. The van der Waals surface area contributed by atoms with E-state index in [1.165, 1.54) is 19.2 Å². The van der Waals surface area contributed by atoms with Crippen LogP contribution in [0.1, 0.15) is 10.5 Å². The van der Waals surface area contributed by atoms with Crippen LogP contribution in [0.15, 0.2) is 35.1 Å². The molecule has 0 bridgehead atoms. The number of benzene rings is 1. The van der Waals surface area contributed by atoms with Crippen LogP contribution >= 0.6 is 23.2 Å². The second-order valence-electron chi connectivity index (χ2n) is 4.22. The maximum absolute atomic E-state index is 11.7. The van der Waals surface area contributed by atoms with Crippen molar-refractivity contribution >= 4 is 29.2 Å². The van der Waals surface area contributed by atoms with Crippen molar-refractivity contribution in [1.29, 1.82) is 0 Å². The molecule has 0 saturated carbocycles. The molecule has 0 N–H and O–H groups in total. The highest BCUT2D eigenvalue weighted by Gasteiger charge is 2.11. The largest absolute Gasteiger partial charge is 0.487 e. The number of halogens is 2. The van der Waals surface area contributed by atoms with Gasteiger partial charge in [0.15, 0.2) is 11.4 Å². The van der Waals surface area contributed by atoms with E-state index in [1.807, 2.05) is 0 Å². The third kappa shape index (κ3) is 3.99. The van der Waals surface area contributed by atoms with Crippen molar-refractivity contribution in [1.82, 2.24) is 9.78 Å². The minimum Gasteiger partial charge on any atom is -0.487 e. The Morgan fingerprint density at radius 1 is 1.18 bits per heavy atom. The summed E-state index contributed by atoms with van der Waals surface area (Å²) in [5.41, 5.74) is -0.272. The summed E-state index contributed by atoms with van der Waals surface area (Å²) in [4.78, 5) is 22.9. The molecular weight excluding hydrogens is 331 g/mol. The predicted octanol–water partition coefficient (Wildman–Crippen LogP) is 2.32. The number of hydrogen-bond donors (Lipinski definition) is 0. The van der Waals surface area contributed by atoms with Crippen LogP contribution in [0, 0.1) is 0 Å². The lowest BCUT2D eigenvalue weighted by atomic mass is 10.3. The summed E-state index contributed by atoms with van der Waals surface area (Å²) in [5, 5.41) is 4.53. The van der Waals surface area contributed by atoms with Crippen molar-refractivity contribution in [2.45, 2.75) is 0 Å². The van der Waals surface area contributed by atoms with Gasteiger partial charge in [-0.2, -0.15) is 5.10 Å². The summed E-state index contributed by atoms with van der Waals surface area (Å²) in [5.74, 6) is -0.313. The number of aromatic nitrogens is 2. The van der Waals surface area contributed by atoms with Crippen LogP contribution in [0.4, 0.5) is 0 Å². The first-order chi connectivity index (χ1) is 10.5. The summed E-state index contributed by atoms with van der Waals surface area (Å²) >= 11 is 11.9. The van der Waals surface area contributed by atoms with E-state index < -0.39 is 5.97 Å². The molecule has 116 valence electrons. The van der Waals surface area contributed by atoms with Gasteiger partial charge in [-0.25, -0.2) is 9.48 Å². The smallest absolute Gasteiger partial charge is 0.358 e. The highest BCUT2D eigenvalue weighted by molar-refractivity contribution is 6.37. The van der Waals surface area contributed by atoms with E-state index in [0.717, 1.165) is 4.68 Å². The second-order valence-corrected chi connectivity index (χ2v) is 5.03. The minimum atomic E-state index is -0.649. The highest BCUT2D eigenvalue weighted by atomic mass is 35.5. The highest BCUT2D eigenvalue weighted by Crippen LogP contribution is 2.32. The fourth-order valence-electron chi connectivity index (χ4n) is 1.58. The molecule has 8 heteroatoms. The first kappa shape index (κ1) is 16.3. The number of para-hydroxylation sites is 1. The molecule has 0 spiro atoms. The molecule has 2 aromatic rings. The van der Waals surface area contributed by atoms with Crippen molar-refractivity contribution in [3.8, 4) is 5.75 Å². The monoisotopic (exact) mass is 342 g/mol. The first-order valence-electron chi connectivity index (χ1n) is 6.27. The Morgan fingerprint density at radius 2 is 1.86 bits per heavy atom. The molecule has 1 aromatic carbocycles. The number of rotatable bonds is 5. The number of nitrogens with zero attached hydrogens (tertiary/aromatic N) is 2. The van der Waals surface area contributed by atoms with Gasteiger partial charge in [0.1, 0.15) is 13.2 Å². The molecule has 0 saturated heterocycles.